The number of aryl methyl sites for hydroxylation is 1. The zero-order chi connectivity index (χ0) is 11.4. The van der Waals surface area contributed by atoms with Gasteiger partial charge in [0, 0.05) is 7.11 Å². The van der Waals surface area contributed by atoms with Gasteiger partial charge in [-0.15, -0.1) is 0 Å². The monoisotopic (exact) mass is 212 g/mol. The van der Waals surface area contributed by atoms with Crippen molar-refractivity contribution in [1.29, 1.82) is 0 Å². The van der Waals surface area contributed by atoms with Crippen molar-refractivity contribution in [2.75, 3.05) is 7.11 Å². The fraction of sp³-hybridized carbons (Fsp3) is 0.200. The first kappa shape index (κ1) is 10.9. The molecule has 0 amide bonds. The molecule has 0 aliphatic rings. The van der Waals surface area contributed by atoms with E-state index in [0.29, 0.717) is 0 Å². The molecule has 1 unspecified atom stereocenters. The number of rotatable bonds is 3. The van der Waals surface area contributed by atoms with Gasteiger partial charge in [0.25, 0.3) is 0 Å². The molecule has 0 aliphatic carbocycles. The SMILES string of the molecule is COC(c1ccccc1)c1cccc(C)c1. The lowest BCUT2D eigenvalue weighted by molar-refractivity contribution is 0.136. The molecule has 2 rings (SSSR count). The van der Waals surface area contributed by atoms with Gasteiger partial charge in [-0.3, -0.25) is 0 Å². The summed E-state index contributed by atoms with van der Waals surface area (Å²) in [5, 5.41) is 0. The number of hydrogen-bond acceptors (Lipinski definition) is 1. The van der Waals surface area contributed by atoms with Gasteiger partial charge < -0.3 is 4.74 Å². The van der Waals surface area contributed by atoms with Gasteiger partial charge in [0.2, 0.25) is 0 Å². The molecule has 0 saturated heterocycles. The van der Waals surface area contributed by atoms with Gasteiger partial charge in [-0.25, -0.2) is 0 Å². The van der Waals surface area contributed by atoms with Crippen LogP contribution in [0.15, 0.2) is 54.6 Å². The van der Waals surface area contributed by atoms with Crippen molar-refractivity contribution in [2.45, 2.75) is 13.0 Å². The van der Waals surface area contributed by atoms with E-state index in [1.807, 2.05) is 18.2 Å². The molecule has 2 aromatic rings. The highest BCUT2D eigenvalue weighted by Gasteiger charge is 2.12. The Morgan fingerprint density at radius 3 is 2.19 bits per heavy atom. The molecule has 16 heavy (non-hydrogen) atoms. The van der Waals surface area contributed by atoms with Crippen LogP contribution in [0.1, 0.15) is 22.8 Å². The lowest BCUT2D eigenvalue weighted by atomic mass is 10.00. The minimum absolute atomic E-state index is 0.0288. The topological polar surface area (TPSA) is 9.23 Å². The molecule has 0 heterocycles. The standard InChI is InChI=1S/C15H16O/c1-12-7-6-10-14(11-12)15(16-2)13-8-4-3-5-9-13/h3-11,15H,1-2H3. The average molecular weight is 212 g/mol. The third-order valence-electron chi connectivity index (χ3n) is 2.68. The second kappa shape index (κ2) is 4.95. The summed E-state index contributed by atoms with van der Waals surface area (Å²) >= 11 is 0. The van der Waals surface area contributed by atoms with Crippen LogP contribution in [0.2, 0.25) is 0 Å². The van der Waals surface area contributed by atoms with Gasteiger partial charge in [0.1, 0.15) is 6.10 Å². The summed E-state index contributed by atoms with van der Waals surface area (Å²) in [6.45, 7) is 2.10. The Balaban J connectivity index is 2.37. The second-order valence-corrected chi connectivity index (χ2v) is 3.94. The van der Waals surface area contributed by atoms with Crippen LogP contribution in [0.25, 0.3) is 0 Å². The molecule has 2 aromatic carbocycles. The van der Waals surface area contributed by atoms with Crippen LogP contribution in [0.4, 0.5) is 0 Å². The summed E-state index contributed by atoms with van der Waals surface area (Å²) in [7, 11) is 1.75. The molecule has 82 valence electrons. The fourth-order valence-electron chi connectivity index (χ4n) is 1.93. The van der Waals surface area contributed by atoms with Gasteiger partial charge in [-0.05, 0) is 18.1 Å². The molecule has 0 fully saturated rings. The summed E-state index contributed by atoms with van der Waals surface area (Å²) in [6.07, 6.45) is 0.0288. The highest BCUT2D eigenvalue weighted by molar-refractivity contribution is 5.32. The van der Waals surface area contributed by atoms with Gasteiger partial charge in [-0.1, -0.05) is 60.2 Å². The first-order valence-corrected chi connectivity index (χ1v) is 5.45. The molecule has 0 saturated carbocycles. The van der Waals surface area contributed by atoms with Crippen molar-refractivity contribution in [3.05, 3.63) is 71.3 Å². The van der Waals surface area contributed by atoms with Crippen molar-refractivity contribution < 1.29 is 4.74 Å². The zero-order valence-corrected chi connectivity index (χ0v) is 9.68. The average Bonchev–Trinajstić information content (AvgIpc) is 2.31. The van der Waals surface area contributed by atoms with Gasteiger partial charge in [-0.2, -0.15) is 0 Å². The van der Waals surface area contributed by atoms with Crippen molar-refractivity contribution in [3.8, 4) is 0 Å². The number of ether oxygens (including phenoxy) is 1. The van der Waals surface area contributed by atoms with Crippen LogP contribution in [-0.2, 0) is 4.74 Å². The Kier molecular flexibility index (Phi) is 3.37. The zero-order valence-electron chi connectivity index (χ0n) is 9.68. The molecule has 0 radical (unpaired) electrons. The largest absolute Gasteiger partial charge is 0.372 e. The van der Waals surface area contributed by atoms with Crippen molar-refractivity contribution >= 4 is 0 Å². The molecule has 0 bridgehead atoms. The second-order valence-electron chi connectivity index (χ2n) is 3.94. The highest BCUT2D eigenvalue weighted by Crippen LogP contribution is 2.25. The maximum absolute atomic E-state index is 5.58. The van der Waals surface area contributed by atoms with Gasteiger partial charge in [0.05, 0.1) is 0 Å². The van der Waals surface area contributed by atoms with Gasteiger partial charge in [0.15, 0.2) is 0 Å². The Bertz CT molecular complexity index is 448. The van der Waals surface area contributed by atoms with Crippen molar-refractivity contribution in [3.63, 3.8) is 0 Å². The lowest BCUT2D eigenvalue weighted by Gasteiger charge is -2.16. The van der Waals surface area contributed by atoms with E-state index in [4.69, 9.17) is 4.74 Å². The van der Waals surface area contributed by atoms with E-state index >= 15 is 0 Å². The van der Waals surface area contributed by atoms with Crippen molar-refractivity contribution in [2.24, 2.45) is 0 Å². The van der Waals surface area contributed by atoms with Crippen LogP contribution in [0.3, 0.4) is 0 Å². The predicted molar refractivity (Wildman–Crippen MR) is 66.5 cm³/mol. The summed E-state index contributed by atoms with van der Waals surface area (Å²) < 4.78 is 5.58. The van der Waals surface area contributed by atoms with E-state index in [-0.39, 0.29) is 6.10 Å². The van der Waals surface area contributed by atoms with E-state index in [1.54, 1.807) is 7.11 Å². The van der Waals surface area contributed by atoms with E-state index in [1.165, 1.54) is 16.7 Å². The normalized spacial score (nSPS) is 12.4. The minimum Gasteiger partial charge on any atom is -0.372 e. The smallest absolute Gasteiger partial charge is 0.107 e. The van der Waals surface area contributed by atoms with Crippen LogP contribution in [0.5, 0.6) is 0 Å². The molecular formula is C15H16O. The maximum atomic E-state index is 5.58. The molecule has 0 aromatic heterocycles. The summed E-state index contributed by atoms with van der Waals surface area (Å²) in [5.74, 6) is 0. The van der Waals surface area contributed by atoms with Crippen LogP contribution in [-0.4, -0.2) is 7.11 Å². The van der Waals surface area contributed by atoms with Crippen LogP contribution < -0.4 is 0 Å². The Morgan fingerprint density at radius 1 is 0.875 bits per heavy atom. The van der Waals surface area contributed by atoms with E-state index in [2.05, 4.69) is 43.3 Å². The van der Waals surface area contributed by atoms with E-state index in [0.717, 1.165) is 0 Å². The third-order valence-corrected chi connectivity index (χ3v) is 2.68. The Hall–Kier alpha value is -1.60. The summed E-state index contributed by atoms with van der Waals surface area (Å²) in [4.78, 5) is 0. The lowest BCUT2D eigenvalue weighted by Crippen LogP contribution is -2.03. The molecule has 1 atom stereocenters. The van der Waals surface area contributed by atoms with Gasteiger partial charge >= 0.3 is 0 Å². The highest BCUT2D eigenvalue weighted by atomic mass is 16.5. The maximum Gasteiger partial charge on any atom is 0.107 e. The Labute approximate surface area is 96.7 Å². The number of hydrogen-bond donors (Lipinski definition) is 0. The van der Waals surface area contributed by atoms with Crippen molar-refractivity contribution in [1.82, 2.24) is 0 Å². The first-order valence-electron chi connectivity index (χ1n) is 5.45. The number of methoxy groups -OCH3 is 1. The van der Waals surface area contributed by atoms with Crippen LogP contribution in [0, 0.1) is 6.92 Å². The molecular weight excluding hydrogens is 196 g/mol. The Morgan fingerprint density at radius 2 is 1.56 bits per heavy atom. The molecule has 0 aliphatic heterocycles. The molecule has 1 nitrogen and oxygen atoms in total. The summed E-state index contributed by atoms with van der Waals surface area (Å²) in [6, 6.07) is 18.7. The first-order chi connectivity index (χ1) is 7.81. The summed E-state index contributed by atoms with van der Waals surface area (Å²) in [5.41, 5.74) is 3.65. The minimum atomic E-state index is 0.0288. The fourth-order valence-corrected chi connectivity index (χ4v) is 1.93. The van der Waals surface area contributed by atoms with E-state index in [9.17, 15) is 0 Å². The molecule has 0 N–H and O–H groups in total. The van der Waals surface area contributed by atoms with Crippen LogP contribution >= 0.6 is 0 Å². The molecule has 1 heteroatoms. The third kappa shape index (κ3) is 2.31. The quantitative estimate of drug-likeness (QED) is 0.753. The van der Waals surface area contributed by atoms with E-state index < -0.39 is 0 Å². The molecule has 0 spiro atoms. The number of benzene rings is 2. The predicted octanol–water partition coefficient (Wildman–Crippen LogP) is 3.73.